The number of hydrogen-bond donors (Lipinski definition) is 2. The minimum atomic E-state index is -0.415. The summed E-state index contributed by atoms with van der Waals surface area (Å²) in [5.74, 6) is 0.0969. The molecule has 104 valence electrons. The topological polar surface area (TPSA) is 68.2 Å². The molecule has 0 aliphatic carbocycles. The molecule has 0 aliphatic rings. The van der Waals surface area contributed by atoms with Gasteiger partial charge in [0.25, 0.3) is 0 Å². The molecule has 0 aliphatic heterocycles. The van der Waals surface area contributed by atoms with Crippen LogP contribution in [0.2, 0.25) is 0 Å². The van der Waals surface area contributed by atoms with Gasteiger partial charge in [-0.15, -0.1) is 6.58 Å². The summed E-state index contributed by atoms with van der Waals surface area (Å²) >= 11 is 5.12. The number of carbonyl (C=O) groups is 1. The Bertz CT molecular complexity index is 496. The molecule has 0 unspecified atom stereocenters. The molecule has 19 heavy (non-hydrogen) atoms. The van der Waals surface area contributed by atoms with Crippen LogP contribution in [0.25, 0.3) is 0 Å². The van der Waals surface area contributed by atoms with Crippen LogP contribution in [0.3, 0.4) is 0 Å². The van der Waals surface area contributed by atoms with Crippen LogP contribution in [0.4, 0.5) is 5.82 Å². The van der Waals surface area contributed by atoms with Gasteiger partial charge in [0.15, 0.2) is 5.11 Å². The second kappa shape index (κ2) is 6.89. The molecule has 0 fully saturated rings. The highest BCUT2D eigenvalue weighted by atomic mass is 32.1. The molecule has 0 aromatic carbocycles. The molecule has 6 nitrogen and oxygen atoms in total. The summed E-state index contributed by atoms with van der Waals surface area (Å²) in [5, 5.41) is 10.5. The SMILES string of the molecule is C=CCNC(=S)Nc1c(C(=O)OCC)c(C)nn1C. The van der Waals surface area contributed by atoms with Crippen molar-refractivity contribution in [2.24, 2.45) is 7.05 Å². The van der Waals surface area contributed by atoms with Gasteiger partial charge >= 0.3 is 5.97 Å². The van der Waals surface area contributed by atoms with Gasteiger partial charge in [0.2, 0.25) is 0 Å². The number of aryl methyl sites for hydroxylation is 2. The smallest absolute Gasteiger partial charge is 0.343 e. The number of thiocarbonyl (C=S) groups is 1. The van der Waals surface area contributed by atoms with Crippen molar-refractivity contribution in [3.63, 3.8) is 0 Å². The van der Waals surface area contributed by atoms with Gasteiger partial charge in [-0.3, -0.25) is 4.68 Å². The Labute approximate surface area is 117 Å². The standard InChI is InChI=1S/C12H18N4O2S/c1-5-7-13-12(19)14-10-9(11(17)18-6-2)8(3)15-16(10)4/h5H,1,6-7H2,2-4H3,(H2,13,14,19). The van der Waals surface area contributed by atoms with Crippen LogP contribution >= 0.6 is 12.2 Å². The van der Waals surface area contributed by atoms with E-state index in [0.29, 0.717) is 35.3 Å². The Kier molecular flexibility index (Phi) is 5.50. The maximum atomic E-state index is 11.9. The number of aromatic nitrogens is 2. The van der Waals surface area contributed by atoms with Crippen LogP contribution in [-0.4, -0.2) is 34.0 Å². The molecule has 1 aromatic rings. The van der Waals surface area contributed by atoms with Crippen LogP contribution in [0.5, 0.6) is 0 Å². The molecule has 0 atom stereocenters. The second-order valence-corrected chi connectivity index (χ2v) is 4.19. The highest BCUT2D eigenvalue weighted by Crippen LogP contribution is 2.19. The average molecular weight is 282 g/mol. The number of hydrogen-bond acceptors (Lipinski definition) is 4. The van der Waals surface area contributed by atoms with Crippen LogP contribution in [0.15, 0.2) is 12.7 Å². The van der Waals surface area contributed by atoms with Crippen LogP contribution in [-0.2, 0) is 11.8 Å². The number of nitrogens with zero attached hydrogens (tertiary/aromatic N) is 2. The molecule has 0 spiro atoms. The van der Waals surface area contributed by atoms with Gasteiger partial charge in [-0.1, -0.05) is 6.08 Å². The lowest BCUT2D eigenvalue weighted by molar-refractivity contribution is 0.0526. The molecule has 0 amide bonds. The number of nitrogens with one attached hydrogen (secondary N) is 2. The van der Waals surface area contributed by atoms with Crippen molar-refractivity contribution in [1.29, 1.82) is 0 Å². The van der Waals surface area contributed by atoms with E-state index in [1.807, 2.05) is 0 Å². The maximum absolute atomic E-state index is 11.9. The summed E-state index contributed by atoms with van der Waals surface area (Å²) in [4.78, 5) is 11.9. The van der Waals surface area contributed by atoms with Crippen molar-refractivity contribution < 1.29 is 9.53 Å². The van der Waals surface area contributed by atoms with Crippen molar-refractivity contribution in [2.75, 3.05) is 18.5 Å². The molecule has 1 aromatic heterocycles. The second-order valence-electron chi connectivity index (χ2n) is 3.78. The molecule has 1 heterocycles. The van der Waals surface area contributed by atoms with E-state index in [1.54, 1.807) is 31.7 Å². The third-order valence-corrected chi connectivity index (χ3v) is 2.59. The maximum Gasteiger partial charge on any atom is 0.343 e. The summed E-state index contributed by atoms with van der Waals surface area (Å²) in [6, 6.07) is 0. The Morgan fingerprint density at radius 1 is 1.63 bits per heavy atom. The Balaban J connectivity index is 2.96. The fourth-order valence-corrected chi connectivity index (χ4v) is 1.75. The van der Waals surface area contributed by atoms with Gasteiger partial charge < -0.3 is 15.4 Å². The first kappa shape index (κ1) is 15.2. The molecule has 0 saturated heterocycles. The molecule has 7 heteroatoms. The first-order valence-corrected chi connectivity index (χ1v) is 6.28. The summed E-state index contributed by atoms with van der Waals surface area (Å²) in [7, 11) is 1.73. The quantitative estimate of drug-likeness (QED) is 0.483. The fraction of sp³-hybridized carbons (Fsp3) is 0.417. The van der Waals surface area contributed by atoms with E-state index in [1.165, 1.54) is 0 Å². The predicted molar refractivity (Wildman–Crippen MR) is 78.3 cm³/mol. The highest BCUT2D eigenvalue weighted by molar-refractivity contribution is 7.80. The fourth-order valence-electron chi connectivity index (χ4n) is 1.57. The van der Waals surface area contributed by atoms with E-state index < -0.39 is 5.97 Å². The average Bonchev–Trinajstić information content (AvgIpc) is 2.62. The summed E-state index contributed by atoms with van der Waals surface area (Å²) in [6.07, 6.45) is 1.69. The largest absolute Gasteiger partial charge is 0.462 e. The molecule has 2 N–H and O–H groups in total. The van der Waals surface area contributed by atoms with E-state index in [2.05, 4.69) is 22.3 Å². The Morgan fingerprint density at radius 3 is 2.89 bits per heavy atom. The van der Waals surface area contributed by atoms with Crippen molar-refractivity contribution in [1.82, 2.24) is 15.1 Å². The molecular formula is C12H18N4O2S. The Hall–Kier alpha value is -1.89. The summed E-state index contributed by atoms with van der Waals surface area (Å²) < 4.78 is 6.57. The normalized spacial score (nSPS) is 9.84. The molecule has 0 radical (unpaired) electrons. The van der Waals surface area contributed by atoms with Gasteiger partial charge in [0.05, 0.1) is 12.3 Å². The van der Waals surface area contributed by atoms with E-state index in [4.69, 9.17) is 17.0 Å². The zero-order valence-electron chi connectivity index (χ0n) is 11.3. The van der Waals surface area contributed by atoms with Crippen molar-refractivity contribution in [3.8, 4) is 0 Å². The third-order valence-electron chi connectivity index (χ3n) is 2.34. The predicted octanol–water partition coefficient (Wildman–Crippen LogP) is 1.38. The van der Waals surface area contributed by atoms with E-state index in [0.717, 1.165) is 0 Å². The lowest BCUT2D eigenvalue weighted by atomic mass is 10.2. The van der Waals surface area contributed by atoms with Gasteiger partial charge in [0.1, 0.15) is 11.4 Å². The minimum Gasteiger partial charge on any atom is -0.462 e. The van der Waals surface area contributed by atoms with E-state index in [-0.39, 0.29) is 0 Å². The molecular weight excluding hydrogens is 264 g/mol. The summed E-state index contributed by atoms with van der Waals surface area (Å²) in [6.45, 7) is 7.94. The van der Waals surface area contributed by atoms with Gasteiger partial charge in [0, 0.05) is 13.6 Å². The van der Waals surface area contributed by atoms with Crippen LogP contribution < -0.4 is 10.6 Å². The van der Waals surface area contributed by atoms with E-state index >= 15 is 0 Å². The minimum absolute atomic E-state index is 0.311. The zero-order valence-corrected chi connectivity index (χ0v) is 12.1. The van der Waals surface area contributed by atoms with Gasteiger partial charge in [-0.05, 0) is 26.1 Å². The van der Waals surface area contributed by atoms with Gasteiger partial charge in [-0.2, -0.15) is 5.10 Å². The van der Waals surface area contributed by atoms with Gasteiger partial charge in [-0.25, -0.2) is 4.79 Å². The zero-order chi connectivity index (χ0) is 14.4. The summed E-state index contributed by atoms with van der Waals surface area (Å²) in [5.41, 5.74) is 0.988. The monoisotopic (exact) mass is 282 g/mol. The van der Waals surface area contributed by atoms with E-state index in [9.17, 15) is 4.79 Å². The van der Waals surface area contributed by atoms with Crippen molar-refractivity contribution in [3.05, 3.63) is 23.9 Å². The lowest BCUT2D eigenvalue weighted by Gasteiger charge is -2.11. The number of ether oxygens (including phenoxy) is 1. The Morgan fingerprint density at radius 2 is 2.32 bits per heavy atom. The van der Waals surface area contributed by atoms with Crippen LogP contribution in [0, 0.1) is 6.92 Å². The van der Waals surface area contributed by atoms with Crippen molar-refractivity contribution >= 4 is 29.1 Å². The number of carbonyl (C=O) groups excluding carboxylic acids is 1. The first-order valence-electron chi connectivity index (χ1n) is 5.87. The third kappa shape index (κ3) is 3.78. The number of rotatable bonds is 5. The first-order chi connectivity index (χ1) is 9.01. The molecule has 0 saturated carbocycles. The van der Waals surface area contributed by atoms with Crippen molar-refractivity contribution in [2.45, 2.75) is 13.8 Å². The van der Waals surface area contributed by atoms with Crippen LogP contribution in [0.1, 0.15) is 23.0 Å². The molecule has 0 bridgehead atoms. The lowest BCUT2D eigenvalue weighted by Crippen LogP contribution is -2.30. The molecule has 1 rings (SSSR count). The number of anilines is 1. The number of esters is 1. The highest BCUT2D eigenvalue weighted by Gasteiger charge is 2.21.